The third-order valence-corrected chi connectivity index (χ3v) is 6.33. The van der Waals surface area contributed by atoms with E-state index >= 15 is 0 Å². The Balaban J connectivity index is 0. The lowest BCUT2D eigenvalue weighted by Crippen LogP contribution is -2.42. The van der Waals surface area contributed by atoms with Gasteiger partial charge in [0.15, 0.2) is 0 Å². The standard InChI is InChI=1S/C7H18O3Si.C3H10O3Si/c1-5-6-7-11(8-2,9-3)10-4;1-4-7(5-2)6-3/h5-7H2,1-4H3;7H,1-3H3. The minimum atomic E-state index is -2.24. The fourth-order valence-corrected chi connectivity index (χ4v) is 3.71. The van der Waals surface area contributed by atoms with Crippen LogP contribution in [0.2, 0.25) is 6.04 Å². The molecule has 0 aromatic rings. The van der Waals surface area contributed by atoms with Gasteiger partial charge >= 0.3 is 18.3 Å². The molecule has 0 bridgehead atoms. The molecule has 0 aliphatic rings. The van der Waals surface area contributed by atoms with E-state index in [4.69, 9.17) is 26.6 Å². The van der Waals surface area contributed by atoms with Crippen LogP contribution in [0.5, 0.6) is 0 Å². The van der Waals surface area contributed by atoms with E-state index in [2.05, 4.69) is 6.92 Å². The maximum atomic E-state index is 5.23. The molecule has 0 heterocycles. The predicted octanol–water partition coefficient (Wildman–Crippen LogP) is 1.31. The first-order valence-corrected chi connectivity index (χ1v) is 9.18. The van der Waals surface area contributed by atoms with Crippen LogP contribution < -0.4 is 0 Å². The predicted molar refractivity (Wildman–Crippen MR) is 74.7 cm³/mol. The summed E-state index contributed by atoms with van der Waals surface area (Å²) in [7, 11) is 5.75. The van der Waals surface area contributed by atoms with Gasteiger partial charge in [-0.05, 0) is 6.42 Å². The van der Waals surface area contributed by atoms with Crippen molar-refractivity contribution in [1.82, 2.24) is 0 Å². The molecule has 0 radical (unpaired) electrons. The highest BCUT2D eigenvalue weighted by Crippen LogP contribution is 2.15. The summed E-state index contributed by atoms with van der Waals surface area (Å²) in [6.45, 7) is 2.14. The van der Waals surface area contributed by atoms with Gasteiger partial charge in [0.1, 0.15) is 0 Å². The second kappa shape index (κ2) is 13.6. The molecular weight excluding hydrogens is 272 g/mol. The summed E-state index contributed by atoms with van der Waals surface area (Å²) in [5, 5.41) is 0. The Kier molecular flexibility index (Phi) is 15.5. The van der Waals surface area contributed by atoms with Crippen molar-refractivity contribution in [3.05, 3.63) is 0 Å². The van der Waals surface area contributed by atoms with Gasteiger partial charge in [-0.15, -0.1) is 0 Å². The average molecular weight is 301 g/mol. The Morgan fingerprint density at radius 1 is 0.778 bits per heavy atom. The first-order valence-electron chi connectivity index (χ1n) is 5.83. The van der Waals surface area contributed by atoms with Crippen LogP contribution in [0, 0.1) is 0 Å². The van der Waals surface area contributed by atoms with Crippen LogP contribution in [0.25, 0.3) is 0 Å². The van der Waals surface area contributed by atoms with Gasteiger partial charge in [0.2, 0.25) is 0 Å². The van der Waals surface area contributed by atoms with E-state index in [0.717, 1.165) is 18.9 Å². The zero-order valence-corrected chi connectivity index (χ0v) is 14.8. The zero-order valence-electron chi connectivity index (χ0n) is 12.6. The van der Waals surface area contributed by atoms with E-state index in [0.29, 0.717) is 0 Å². The molecule has 0 rings (SSSR count). The zero-order chi connectivity index (χ0) is 14.4. The lowest BCUT2D eigenvalue weighted by molar-refractivity contribution is 0.123. The molecule has 112 valence electrons. The first kappa shape index (κ1) is 20.5. The van der Waals surface area contributed by atoms with Crippen molar-refractivity contribution in [3.8, 4) is 0 Å². The fraction of sp³-hybridized carbons (Fsp3) is 1.00. The third kappa shape index (κ3) is 9.17. The highest BCUT2D eigenvalue weighted by atomic mass is 28.4. The van der Waals surface area contributed by atoms with Gasteiger partial charge in [-0.25, -0.2) is 0 Å². The molecule has 0 aromatic carbocycles. The molecule has 0 saturated heterocycles. The van der Waals surface area contributed by atoms with Gasteiger partial charge in [0.05, 0.1) is 0 Å². The van der Waals surface area contributed by atoms with E-state index in [1.54, 1.807) is 42.7 Å². The van der Waals surface area contributed by atoms with Gasteiger partial charge in [0, 0.05) is 48.7 Å². The molecule has 0 amide bonds. The summed E-state index contributed by atoms with van der Waals surface area (Å²) < 4.78 is 29.9. The summed E-state index contributed by atoms with van der Waals surface area (Å²) in [5.41, 5.74) is 0. The van der Waals surface area contributed by atoms with Crippen LogP contribution in [-0.4, -0.2) is 61.0 Å². The fourth-order valence-electron chi connectivity index (χ4n) is 1.24. The highest BCUT2D eigenvalue weighted by molar-refractivity contribution is 6.60. The van der Waals surface area contributed by atoms with Crippen molar-refractivity contribution in [2.24, 2.45) is 0 Å². The molecule has 8 heteroatoms. The molecule has 0 spiro atoms. The molecule has 0 aliphatic carbocycles. The van der Waals surface area contributed by atoms with Crippen LogP contribution in [0.1, 0.15) is 19.8 Å². The molecule has 18 heavy (non-hydrogen) atoms. The number of unbranched alkanes of at least 4 members (excludes halogenated alkanes) is 1. The normalized spacial score (nSPS) is 11.3. The minimum Gasteiger partial charge on any atom is -0.379 e. The lowest BCUT2D eigenvalue weighted by Gasteiger charge is -2.23. The van der Waals surface area contributed by atoms with Crippen molar-refractivity contribution < 1.29 is 26.6 Å². The Labute approximate surface area is 114 Å². The number of hydrogen-bond acceptors (Lipinski definition) is 6. The average Bonchev–Trinajstić information content (AvgIpc) is 2.44. The second-order valence-electron chi connectivity index (χ2n) is 3.39. The Morgan fingerprint density at radius 2 is 1.17 bits per heavy atom. The topological polar surface area (TPSA) is 55.4 Å². The van der Waals surface area contributed by atoms with Crippen molar-refractivity contribution in [2.45, 2.75) is 25.8 Å². The summed E-state index contributed by atoms with van der Waals surface area (Å²) in [6.07, 6.45) is 2.24. The maximum Gasteiger partial charge on any atom is 0.500 e. The van der Waals surface area contributed by atoms with Gasteiger partial charge < -0.3 is 26.6 Å². The van der Waals surface area contributed by atoms with Crippen molar-refractivity contribution in [2.75, 3.05) is 42.7 Å². The van der Waals surface area contributed by atoms with Gasteiger partial charge in [-0.3, -0.25) is 0 Å². The molecular formula is C10H28O6Si2. The summed E-state index contributed by atoms with van der Waals surface area (Å²) in [6, 6.07) is 0.910. The Bertz CT molecular complexity index is 151. The van der Waals surface area contributed by atoms with Gasteiger partial charge in [-0.2, -0.15) is 0 Å². The maximum absolute atomic E-state index is 5.23. The van der Waals surface area contributed by atoms with E-state index in [-0.39, 0.29) is 0 Å². The summed E-state index contributed by atoms with van der Waals surface area (Å²) in [4.78, 5) is 0. The van der Waals surface area contributed by atoms with Crippen LogP contribution in [0.15, 0.2) is 0 Å². The van der Waals surface area contributed by atoms with Gasteiger partial charge in [-0.1, -0.05) is 13.3 Å². The van der Waals surface area contributed by atoms with Crippen LogP contribution >= 0.6 is 0 Å². The van der Waals surface area contributed by atoms with E-state index in [1.807, 2.05) is 0 Å². The van der Waals surface area contributed by atoms with Crippen molar-refractivity contribution in [3.63, 3.8) is 0 Å². The minimum absolute atomic E-state index is 0.910. The molecule has 0 unspecified atom stereocenters. The molecule has 6 nitrogen and oxygen atoms in total. The second-order valence-corrected chi connectivity index (χ2v) is 8.48. The van der Waals surface area contributed by atoms with Gasteiger partial charge in [0.25, 0.3) is 0 Å². The Hall–Kier alpha value is 0.194. The summed E-state index contributed by atoms with van der Waals surface area (Å²) >= 11 is 0. The first-order chi connectivity index (χ1) is 8.59. The quantitative estimate of drug-likeness (QED) is 0.598. The monoisotopic (exact) mass is 300 g/mol. The SMILES string of the molecule is CCCC[Si](OC)(OC)OC.CO[SiH](OC)OC. The molecule has 0 aromatic heterocycles. The summed E-state index contributed by atoms with van der Waals surface area (Å²) in [5.74, 6) is 0. The van der Waals surface area contributed by atoms with Crippen LogP contribution in [-0.2, 0) is 26.6 Å². The smallest absolute Gasteiger partial charge is 0.379 e. The molecule has 0 atom stereocenters. The lowest BCUT2D eigenvalue weighted by atomic mass is 10.4. The number of hydrogen-bond donors (Lipinski definition) is 0. The molecule has 0 fully saturated rings. The molecule has 0 saturated carbocycles. The number of rotatable bonds is 9. The van der Waals surface area contributed by atoms with E-state index in [9.17, 15) is 0 Å². The van der Waals surface area contributed by atoms with Crippen molar-refractivity contribution in [1.29, 1.82) is 0 Å². The van der Waals surface area contributed by atoms with Crippen LogP contribution in [0.4, 0.5) is 0 Å². The van der Waals surface area contributed by atoms with E-state index in [1.165, 1.54) is 0 Å². The largest absolute Gasteiger partial charge is 0.500 e. The third-order valence-electron chi connectivity index (χ3n) is 2.35. The molecule has 0 aliphatic heterocycles. The van der Waals surface area contributed by atoms with Crippen molar-refractivity contribution >= 4 is 18.3 Å². The molecule has 0 N–H and O–H groups in total. The van der Waals surface area contributed by atoms with E-state index < -0.39 is 18.3 Å². The van der Waals surface area contributed by atoms with Crippen LogP contribution in [0.3, 0.4) is 0 Å². The Morgan fingerprint density at radius 3 is 1.33 bits per heavy atom. The highest BCUT2D eigenvalue weighted by Gasteiger charge is 2.36.